The van der Waals surface area contributed by atoms with Crippen LogP contribution < -0.4 is 14.4 Å². The van der Waals surface area contributed by atoms with Gasteiger partial charge in [-0.05, 0) is 42.8 Å². The number of hydrogen-bond donors (Lipinski definition) is 2. The number of β-amino-alcohol motifs (C(OH)–C–C–N with tert-alkyl or cyclic N) is 1. The minimum Gasteiger partial charge on any atom is -0.495 e. The molecule has 1 aliphatic rings. The molecule has 2 aromatic rings. The van der Waals surface area contributed by atoms with Crippen LogP contribution >= 0.6 is 0 Å². The molecule has 1 unspecified atom stereocenters. The third-order valence-electron chi connectivity index (χ3n) is 4.95. The molecule has 0 amide bonds. The summed E-state index contributed by atoms with van der Waals surface area (Å²) in [6.07, 6.45) is -4.99. The molecular formula is C20H21F3N2O6S. The van der Waals surface area contributed by atoms with Crippen molar-refractivity contribution in [2.24, 2.45) is 0 Å². The van der Waals surface area contributed by atoms with Gasteiger partial charge in [-0.15, -0.1) is 0 Å². The van der Waals surface area contributed by atoms with Crippen LogP contribution in [0, 0.1) is 0 Å². The number of benzene rings is 2. The van der Waals surface area contributed by atoms with E-state index in [0.717, 1.165) is 25.3 Å². The van der Waals surface area contributed by atoms with Gasteiger partial charge in [0.2, 0.25) is 0 Å². The van der Waals surface area contributed by atoms with Crippen molar-refractivity contribution in [3.8, 4) is 5.75 Å². The molecule has 0 saturated carbocycles. The van der Waals surface area contributed by atoms with Crippen LogP contribution in [-0.4, -0.2) is 52.9 Å². The summed E-state index contributed by atoms with van der Waals surface area (Å²) in [4.78, 5) is 13.0. The number of carbonyl (C=O) groups excluding carboxylic acids is 1. The van der Waals surface area contributed by atoms with Crippen molar-refractivity contribution in [2.45, 2.75) is 23.6 Å². The van der Waals surface area contributed by atoms with E-state index in [1.54, 1.807) is 4.90 Å². The molecule has 1 aliphatic heterocycles. The molecule has 2 N–H and O–H groups in total. The predicted molar refractivity (Wildman–Crippen MR) is 109 cm³/mol. The maximum absolute atomic E-state index is 13.3. The van der Waals surface area contributed by atoms with Crippen LogP contribution in [0.5, 0.6) is 5.75 Å². The number of ether oxygens (including phenoxy) is 2. The van der Waals surface area contributed by atoms with Gasteiger partial charge < -0.3 is 19.5 Å². The molecule has 8 nitrogen and oxygen atoms in total. The Balaban J connectivity index is 2.09. The Labute approximate surface area is 182 Å². The van der Waals surface area contributed by atoms with Crippen LogP contribution in [-0.2, 0) is 20.9 Å². The monoisotopic (exact) mass is 474 g/mol. The van der Waals surface area contributed by atoms with E-state index in [9.17, 15) is 31.5 Å². The summed E-state index contributed by atoms with van der Waals surface area (Å²) in [7, 11) is -2.15. The minimum absolute atomic E-state index is 0.0828. The summed E-state index contributed by atoms with van der Waals surface area (Å²) >= 11 is 0. The Bertz CT molecular complexity index is 1120. The van der Waals surface area contributed by atoms with Gasteiger partial charge in [-0.25, -0.2) is 13.2 Å². The topological polar surface area (TPSA) is 105 Å². The quantitative estimate of drug-likeness (QED) is 0.621. The van der Waals surface area contributed by atoms with Gasteiger partial charge in [-0.1, -0.05) is 0 Å². The molecule has 1 heterocycles. The molecule has 0 aliphatic carbocycles. The molecule has 3 rings (SSSR count). The van der Waals surface area contributed by atoms with Crippen LogP contribution in [0.15, 0.2) is 41.3 Å². The molecular weight excluding hydrogens is 453 g/mol. The van der Waals surface area contributed by atoms with Crippen molar-refractivity contribution in [1.29, 1.82) is 0 Å². The number of methoxy groups -OCH3 is 2. The number of anilines is 2. The highest BCUT2D eigenvalue weighted by atomic mass is 32.2. The van der Waals surface area contributed by atoms with Crippen LogP contribution in [0.3, 0.4) is 0 Å². The van der Waals surface area contributed by atoms with Crippen molar-refractivity contribution in [3.63, 3.8) is 0 Å². The standard InChI is InChI=1S/C20H21F3N2O6S/c1-30-17-6-3-12(19(27)31-2)9-18(17)32(28,29)24-15-10-13(20(21,22)23)4-5-16(15)25-8-7-14(26)11-25/h3-6,9-10,14,24,26H,7-8,11H2,1-2H3. The summed E-state index contributed by atoms with van der Waals surface area (Å²) in [6.45, 7) is 0.476. The predicted octanol–water partition coefficient (Wildman–Crippen LogP) is 2.87. The number of nitrogens with zero attached hydrogens (tertiary/aromatic N) is 1. The molecule has 1 saturated heterocycles. The SMILES string of the molecule is COC(=O)c1ccc(OC)c(S(=O)(=O)Nc2cc(C(F)(F)F)ccc2N2CCC(O)C2)c1. The minimum atomic E-state index is -4.70. The van der Waals surface area contributed by atoms with E-state index in [1.165, 1.54) is 19.2 Å². The Morgan fingerprint density at radius 3 is 2.47 bits per heavy atom. The first-order valence-corrected chi connectivity index (χ1v) is 10.9. The Hall–Kier alpha value is -2.99. The number of sulfonamides is 1. The van der Waals surface area contributed by atoms with Crippen LogP contribution in [0.25, 0.3) is 0 Å². The zero-order chi connectivity index (χ0) is 23.7. The number of rotatable bonds is 6. The van der Waals surface area contributed by atoms with Gasteiger partial charge in [-0.3, -0.25) is 4.72 Å². The van der Waals surface area contributed by atoms with Gasteiger partial charge in [0, 0.05) is 13.1 Å². The average Bonchev–Trinajstić information content (AvgIpc) is 3.17. The summed E-state index contributed by atoms with van der Waals surface area (Å²) in [5.74, 6) is -0.912. The van der Waals surface area contributed by atoms with Crippen molar-refractivity contribution in [1.82, 2.24) is 0 Å². The number of hydrogen-bond acceptors (Lipinski definition) is 7. The Morgan fingerprint density at radius 2 is 1.91 bits per heavy atom. The lowest BCUT2D eigenvalue weighted by Crippen LogP contribution is -2.24. The lowest BCUT2D eigenvalue weighted by atomic mass is 10.1. The third kappa shape index (κ3) is 4.91. The molecule has 2 aromatic carbocycles. The fourth-order valence-corrected chi connectivity index (χ4v) is 4.62. The first-order valence-electron chi connectivity index (χ1n) is 9.39. The number of alkyl halides is 3. The van der Waals surface area contributed by atoms with Gasteiger partial charge >= 0.3 is 12.1 Å². The second-order valence-corrected chi connectivity index (χ2v) is 8.73. The van der Waals surface area contributed by atoms with E-state index in [2.05, 4.69) is 9.46 Å². The molecule has 0 aromatic heterocycles. The van der Waals surface area contributed by atoms with E-state index in [1.807, 2.05) is 0 Å². The lowest BCUT2D eigenvalue weighted by Gasteiger charge is -2.23. The van der Waals surface area contributed by atoms with Gasteiger partial charge in [0.15, 0.2) is 0 Å². The summed E-state index contributed by atoms with van der Waals surface area (Å²) in [6, 6.07) is 6.24. The Kier molecular flexibility index (Phi) is 6.56. The first kappa shape index (κ1) is 23.7. The lowest BCUT2D eigenvalue weighted by molar-refractivity contribution is -0.137. The zero-order valence-corrected chi connectivity index (χ0v) is 18.0. The fraction of sp³-hybridized carbons (Fsp3) is 0.350. The van der Waals surface area contributed by atoms with Gasteiger partial charge in [0.05, 0.1) is 42.8 Å². The highest BCUT2D eigenvalue weighted by Crippen LogP contribution is 2.38. The van der Waals surface area contributed by atoms with Crippen LogP contribution in [0.2, 0.25) is 0 Å². The van der Waals surface area contributed by atoms with E-state index < -0.39 is 38.7 Å². The van der Waals surface area contributed by atoms with E-state index in [0.29, 0.717) is 19.0 Å². The van der Waals surface area contributed by atoms with Crippen molar-refractivity contribution in [2.75, 3.05) is 36.9 Å². The van der Waals surface area contributed by atoms with Crippen LogP contribution in [0.4, 0.5) is 24.5 Å². The Morgan fingerprint density at radius 1 is 1.19 bits per heavy atom. The summed E-state index contributed by atoms with van der Waals surface area (Å²) in [5.41, 5.74) is -1.27. The van der Waals surface area contributed by atoms with Crippen LogP contribution in [0.1, 0.15) is 22.3 Å². The van der Waals surface area contributed by atoms with E-state index in [-0.39, 0.29) is 29.2 Å². The number of carbonyl (C=O) groups is 1. The molecule has 1 atom stereocenters. The fourth-order valence-electron chi connectivity index (χ4n) is 3.36. The van der Waals surface area contributed by atoms with Crippen molar-refractivity contribution >= 4 is 27.4 Å². The second kappa shape index (κ2) is 8.87. The van der Waals surface area contributed by atoms with Gasteiger partial charge in [0.1, 0.15) is 10.6 Å². The largest absolute Gasteiger partial charge is 0.495 e. The number of aliphatic hydroxyl groups is 1. The highest BCUT2D eigenvalue weighted by molar-refractivity contribution is 7.92. The first-order chi connectivity index (χ1) is 15.0. The van der Waals surface area contributed by atoms with E-state index >= 15 is 0 Å². The maximum Gasteiger partial charge on any atom is 0.416 e. The molecule has 12 heteroatoms. The van der Waals surface area contributed by atoms with Gasteiger partial charge in [0.25, 0.3) is 10.0 Å². The summed E-state index contributed by atoms with van der Waals surface area (Å²) in [5, 5.41) is 9.80. The average molecular weight is 474 g/mol. The maximum atomic E-state index is 13.3. The molecule has 174 valence electrons. The van der Waals surface area contributed by atoms with E-state index in [4.69, 9.17) is 4.74 Å². The molecule has 0 spiro atoms. The number of nitrogens with one attached hydrogen (secondary N) is 1. The normalized spacial score (nSPS) is 16.7. The second-order valence-electron chi connectivity index (χ2n) is 7.08. The summed E-state index contributed by atoms with van der Waals surface area (Å²) < 4.78 is 78.0. The molecule has 1 fully saturated rings. The molecule has 0 radical (unpaired) electrons. The zero-order valence-electron chi connectivity index (χ0n) is 17.1. The third-order valence-corrected chi connectivity index (χ3v) is 6.33. The number of esters is 1. The van der Waals surface area contributed by atoms with Gasteiger partial charge in [-0.2, -0.15) is 13.2 Å². The van der Waals surface area contributed by atoms with Crippen molar-refractivity contribution in [3.05, 3.63) is 47.5 Å². The molecule has 32 heavy (non-hydrogen) atoms. The smallest absolute Gasteiger partial charge is 0.416 e. The van der Waals surface area contributed by atoms with Crippen molar-refractivity contribution < 1.29 is 41.0 Å². The number of halogens is 3. The highest BCUT2D eigenvalue weighted by Gasteiger charge is 2.33. The number of aliphatic hydroxyl groups excluding tert-OH is 1. The molecule has 0 bridgehead atoms.